The van der Waals surface area contributed by atoms with Crippen LogP contribution in [0, 0.1) is 5.41 Å². The van der Waals surface area contributed by atoms with Crippen LogP contribution in [0.3, 0.4) is 0 Å². The summed E-state index contributed by atoms with van der Waals surface area (Å²) in [4.78, 5) is 11.0. The Hall–Kier alpha value is -3.59. The van der Waals surface area contributed by atoms with Crippen molar-refractivity contribution in [3.05, 3.63) is 70.9 Å². The first-order valence-corrected chi connectivity index (χ1v) is 16.2. The largest absolute Gasteiger partial charge is 0.393 e. The molecule has 4 N–H and O–H groups in total. The number of anilines is 2. The Kier molecular flexibility index (Phi) is 8.75. The van der Waals surface area contributed by atoms with E-state index in [1.807, 2.05) is 35.2 Å². The SMILES string of the molecule is CN(c1ncnc2sc(CC(F)(F)F)cc12)[C@H]1C[C@@H](NCc2ccc(-c3cccc(NS(C)(=O)=O)c3C=N)cc2)C[C@H]1O. The molecule has 2 aromatic heterocycles. The van der Waals surface area contributed by atoms with E-state index in [-0.39, 0.29) is 17.0 Å². The molecule has 0 radical (unpaired) electrons. The van der Waals surface area contributed by atoms with Crippen molar-refractivity contribution in [1.29, 1.82) is 5.41 Å². The molecule has 0 unspecified atom stereocenters. The number of rotatable bonds is 10. The lowest BCUT2D eigenvalue weighted by atomic mass is 9.98. The molecule has 9 nitrogen and oxygen atoms in total. The number of alkyl halides is 3. The van der Waals surface area contributed by atoms with Crippen LogP contribution in [-0.4, -0.2) is 67.4 Å². The summed E-state index contributed by atoms with van der Waals surface area (Å²) < 4.78 is 64.8. The van der Waals surface area contributed by atoms with Crippen molar-refractivity contribution >= 4 is 49.3 Å². The number of nitrogens with zero attached hydrogens (tertiary/aromatic N) is 3. The predicted molar refractivity (Wildman–Crippen MR) is 163 cm³/mol. The van der Waals surface area contributed by atoms with Gasteiger partial charge in [0.2, 0.25) is 10.0 Å². The zero-order chi connectivity index (χ0) is 30.9. The Morgan fingerprint density at radius 1 is 1.16 bits per heavy atom. The molecule has 1 aliphatic carbocycles. The van der Waals surface area contributed by atoms with E-state index in [0.29, 0.717) is 46.7 Å². The number of fused-ring (bicyclic) bond motifs is 1. The first kappa shape index (κ1) is 30.9. The van der Waals surface area contributed by atoms with Gasteiger partial charge in [-0.1, -0.05) is 36.4 Å². The quantitative estimate of drug-likeness (QED) is 0.182. The van der Waals surface area contributed by atoms with Gasteiger partial charge in [0.25, 0.3) is 0 Å². The molecule has 0 amide bonds. The van der Waals surface area contributed by atoms with Gasteiger partial charge in [-0.2, -0.15) is 13.2 Å². The molecular formula is C29H31F3N6O3S2. The van der Waals surface area contributed by atoms with Gasteiger partial charge in [0.05, 0.1) is 35.9 Å². The molecule has 43 heavy (non-hydrogen) atoms. The average Bonchev–Trinajstić information content (AvgIpc) is 3.51. The monoisotopic (exact) mass is 632 g/mol. The van der Waals surface area contributed by atoms with E-state index >= 15 is 0 Å². The molecule has 2 aromatic carbocycles. The third-order valence-corrected chi connectivity index (χ3v) is 9.10. The second-order valence-corrected chi connectivity index (χ2v) is 13.6. The predicted octanol–water partition coefficient (Wildman–Crippen LogP) is 4.95. The number of likely N-dealkylation sites (N-methyl/N-ethyl adjacent to an activating group) is 1. The van der Waals surface area contributed by atoms with Crippen molar-refractivity contribution in [2.24, 2.45) is 0 Å². The maximum absolute atomic E-state index is 12.9. The maximum Gasteiger partial charge on any atom is 0.393 e. The Morgan fingerprint density at radius 2 is 1.91 bits per heavy atom. The fourth-order valence-corrected chi connectivity index (χ4v) is 7.12. The minimum atomic E-state index is -4.31. The van der Waals surface area contributed by atoms with Crippen LogP contribution < -0.4 is 14.9 Å². The summed E-state index contributed by atoms with van der Waals surface area (Å²) in [5.41, 5.74) is 3.37. The van der Waals surface area contributed by atoms with Crippen molar-refractivity contribution in [2.75, 3.05) is 22.9 Å². The molecule has 0 aliphatic heterocycles. The minimum Gasteiger partial charge on any atom is -0.391 e. The topological polar surface area (TPSA) is 131 Å². The van der Waals surface area contributed by atoms with Crippen molar-refractivity contribution < 1.29 is 26.7 Å². The highest BCUT2D eigenvalue weighted by atomic mass is 32.2. The van der Waals surface area contributed by atoms with Gasteiger partial charge in [0.1, 0.15) is 17.0 Å². The highest BCUT2D eigenvalue weighted by Crippen LogP contribution is 2.36. The van der Waals surface area contributed by atoms with Crippen LogP contribution in [0.5, 0.6) is 0 Å². The van der Waals surface area contributed by atoms with Gasteiger partial charge in [0.15, 0.2) is 0 Å². The number of aromatic nitrogens is 2. The Bertz CT molecular complexity index is 1730. The lowest BCUT2D eigenvalue weighted by molar-refractivity contribution is -0.126. The molecule has 3 atom stereocenters. The smallest absolute Gasteiger partial charge is 0.391 e. The van der Waals surface area contributed by atoms with E-state index in [1.165, 1.54) is 12.4 Å². The van der Waals surface area contributed by atoms with Crippen LogP contribution in [0.4, 0.5) is 24.7 Å². The van der Waals surface area contributed by atoms with Gasteiger partial charge in [-0.05, 0) is 41.7 Å². The number of hydrogen-bond acceptors (Lipinski definition) is 9. The van der Waals surface area contributed by atoms with Crippen LogP contribution in [0.1, 0.15) is 28.8 Å². The van der Waals surface area contributed by atoms with Crippen molar-refractivity contribution in [3.63, 3.8) is 0 Å². The van der Waals surface area contributed by atoms with Crippen LogP contribution in [0.2, 0.25) is 0 Å². The van der Waals surface area contributed by atoms with Gasteiger partial charge in [0, 0.05) is 36.3 Å². The molecule has 228 valence electrons. The fraction of sp³-hybridized carbons (Fsp3) is 0.345. The average molecular weight is 633 g/mol. The number of aliphatic hydroxyl groups is 1. The van der Waals surface area contributed by atoms with Gasteiger partial charge >= 0.3 is 6.18 Å². The first-order valence-electron chi connectivity index (χ1n) is 13.5. The Balaban J connectivity index is 1.24. The van der Waals surface area contributed by atoms with Gasteiger partial charge < -0.3 is 20.7 Å². The zero-order valence-electron chi connectivity index (χ0n) is 23.4. The number of benzene rings is 2. The van der Waals surface area contributed by atoms with Crippen LogP contribution in [0.25, 0.3) is 21.3 Å². The van der Waals surface area contributed by atoms with E-state index in [9.17, 15) is 26.7 Å². The van der Waals surface area contributed by atoms with E-state index < -0.39 is 28.7 Å². The van der Waals surface area contributed by atoms with E-state index in [1.54, 1.807) is 19.2 Å². The summed E-state index contributed by atoms with van der Waals surface area (Å²) in [7, 11) is -1.71. The van der Waals surface area contributed by atoms with E-state index in [0.717, 1.165) is 40.5 Å². The summed E-state index contributed by atoms with van der Waals surface area (Å²) >= 11 is 0.999. The lowest BCUT2D eigenvalue weighted by Crippen LogP contribution is -2.38. The second kappa shape index (κ2) is 12.2. The van der Waals surface area contributed by atoms with Gasteiger partial charge in [-0.25, -0.2) is 18.4 Å². The van der Waals surface area contributed by atoms with Crippen LogP contribution >= 0.6 is 11.3 Å². The molecule has 1 saturated carbocycles. The number of halogens is 3. The summed E-state index contributed by atoms with van der Waals surface area (Å²) in [6.07, 6.45) is -1.34. The van der Waals surface area contributed by atoms with Crippen molar-refractivity contribution in [2.45, 2.75) is 50.2 Å². The van der Waals surface area contributed by atoms with Crippen LogP contribution in [-0.2, 0) is 23.0 Å². The summed E-state index contributed by atoms with van der Waals surface area (Å²) in [5, 5.41) is 22.8. The van der Waals surface area contributed by atoms with Crippen LogP contribution in [0.15, 0.2) is 54.9 Å². The number of thiophene rings is 1. The fourth-order valence-electron chi connectivity index (χ4n) is 5.52. The number of sulfonamides is 1. The molecule has 1 aliphatic rings. The normalized spacial score (nSPS) is 19.1. The first-order chi connectivity index (χ1) is 20.3. The molecule has 5 rings (SSSR count). The third kappa shape index (κ3) is 7.32. The zero-order valence-corrected chi connectivity index (χ0v) is 25.0. The molecule has 14 heteroatoms. The summed E-state index contributed by atoms with van der Waals surface area (Å²) in [5.74, 6) is 0.495. The molecule has 2 heterocycles. The molecule has 1 fully saturated rings. The maximum atomic E-state index is 12.9. The summed E-state index contributed by atoms with van der Waals surface area (Å²) in [6.45, 7) is 0.546. The number of aliphatic hydroxyl groups excluding tert-OH is 1. The third-order valence-electron chi connectivity index (χ3n) is 7.47. The molecular weight excluding hydrogens is 601 g/mol. The molecule has 4 aromatic rings. The van der Waals surface area contributed by atoms with Crippen molar-refractivity contribution in [3.8, 4) is 11.1 Å². The molecule has 0 bridgehead atoms. The summed E-state index contributed by atoms with van der Waals surface area (Å²) in [6, 6.07) is 14.1. The Labute approximate surface area is 251 Å². The number of nitrogens with one attached hydrogen (secondary N) is 3. The highest BCUT2D eigenvalue weighted by molar-refractivity contribution is 7.92. The van der Waals surface area contributed by atoms with E-state index in [4.69, 9.17) is 5.41 Å². The molecule has 0 spiro atoms. The van der Waals surface area contributed by atoms with Crippen molar-refractivity contribution in [1.82, 2.24) is 15.3 Å². The van der Waals surface area contributed by atoms with Gasteiger partial charge in [-0.15, -0.1) is 11.3 Å². The highest BCUT2D eigenvalue weighted by Gasteiger charge is 2.37. The minimum absolute atomic E-state index is 0.00554. The van der Waals surface area contributed by atoms with Gasteiger partial charge in [-0.3, -0.25) is 4.72 Å². The molecule has 0 saturated heterocycles. The number of hydrogen-bond donors (Lipinski definition) is 4. The lowest BCUT2D eigenvalue weighted by Gasteiger charge is -2.28. The van der Waals surface area contributed by atoms with E-state index in [2.05, 4.69) is 20.0 Å². The Morgan fingerprint density at radius 3 is 2.58 bits per heavy atom. The second-order valence-electron chi connectivity index (χ2n) is 10.7. The standard InChI is InChI=1S/C29H31F3N6O3S2/c1-38(27-22-12-20(13-29(30,31)32)42-28(22)36-16-35-27)25-10-19(11-26(25)39)34-15-17-6-8-18(9-7-17)21-4-3-5-24(23(21)14-33)37-43(2,40)41/h3-9,12,14,16,19,25-26,33-34,37,39H,10-11,13,15H2,1-2H3/t19-,25+,26-/m1/s1.